The monoisotopic (exact) mass is 312 g/mol. The molecule has 0 aromatic heterocycles. The van der Waals surface area contributed by atoms with Gasteiger partial charge >= 0.3 is 6.09 Å². The van der Waals surface area contributed by atoms with E-state index in [0.29, 0.717) is 25.1 Å². The predicted octanol–water partition coefficient (Wildman–Crippen LogP) is 2.94. The van der Waals surface area contributed by atoms with Crippen molar-refractivity contribution in [3.05, 3.63) is 35.4 Å². The minimum Gasteiger partial charge on any atom is -0.444 e. The molecular weight excluding hydrogens is 290 g/mol. The van der Waals surface area contributed by atoms with Crippen molar-refractivity contribution in [1.82, 2.24) is 10.6 Å². The second-order valence-corrected chi connectivity index (χ2v) is 6.52. The number of halogens is 2. The highest BCUT2D eigenvalue weighted by Crippen LogP contribution is 2.28. The van der Waals surface area contributed by atoms with Crippen molar-refractivity contribution in [2.45, 2.75) is 44.8 Å². The van der Waals surface area contributed by atoms with Gasteiger partial charge in [0.05, 0.1) is 6.04 Å². The number of alkyl carbamates (subject to hydrolysis) is 1. The Morgan fingerprint density at radius 3 is 2.77 bits per heavy atom. The van der Waals surface area contributed by atoms with E-state index in [9.17, 15) is 13.6 Å². The number of ether oxygens (including phenoxy) is 1. The Labute approximate surface area is 129 Å². The third kappa shape index (κ3) is 4.40. The Morgan fingerprint density at radius 2 is 2.09 bits per heavy atom. The van der Waals surface area contributed by atoms with Gasteiger partial charge < -0.3 is 15.4 Å². The number of hydrogen-bond acceptors (Lipinski definition) is 3. The van der Waals surface area contributed by atoms with Crippen molar-refractivity contribution in [2.75, 3.05) is 13.1 Å². The van der Waals surface area contributed by atoms with E-state index in [1.165, 1.54) is 6.07 Å². The van der Waals surface area contributed by atoms with Crippen molar-refractivity contribution in [3.8, 4) is 0 Å². The summed E-state index contributed by atoms with van der Waals surface area (Å²) in [6.45, 7) is 6.49. The molecule has 0 unspecified atom stereocenters. The van der Waals surface area contributed by atoms with E-state index in [0.717, 1.165) is 12.1 Å². The molecule has 2 atom stereocenters. The fraction of sp³-hybridized carbons (Fsp3) is 0.562. The van der Waals surface area contributed by atoms with Crippen LogP contribution in [0, 0.1) is 11.6 Å². The first-order valence-corrected chi connectivity index (χ1v) is 7.41. The summed E-state index contributed by atoms with van der Waals surface area (Å²) in [6, 6.07) is 3.07. The highest BCUT2D eigenvalue weighted by molar-refractivity contribution is 5.68. The van der Waals surface area contributed by atoms with Gasteiger partial charge in [0.25, 0.3) is 0 Å². The van der Waals surface area contributed by atoms with Gasteiger partial charge in [0.15, 0.2) is 0 Å². The zero-order valence-electron chi connectivity index (χ0n) is 13.1. The standard InChI is InChI=1S/C16H22F2N2O2/c1-16(2,3)22-15(21)20-14-9-19-7-6-11(14)12-8-10(17)4-5-13(12)18/h4-5,8,11,14,19H,6-7,9H2,1-3H3,(H,20,21)/t11-,14+/m1/s1. The second-order valence-electron chi connectivity index (χ2n) is 6.52. The lowest BCUT2D eigenvalue weighted by molar-refractivity contribution is 0.0489. The second kappa shape index (κ2) is 6.60. The largest absolute Gasteiger partial charge is 0.444 e. The summed E-state index contributed by atoms with van der Waals surface area (Å²) in [7, 11) is 0. The Bertz CT molecular complexity index is 543. The smallest absolute Gasteiger partial charge is 0.407 e. The minimum absolute atomic E-state index is 0.288. The van der Waals surface area contributed by atoms with Gasteiger partial charge in [-0.3, -0.25) is 0 Å². The lowest BCUT2D eigenvalue weighted by Gasteiger charge is -2.33. The molecule has 1 aliphatic rings. The Balaban J connectivity index is 2.14. The fourth-order valence-corrected chi connectivity index (χ4v) is 2.64. The molecule has 2 N–H and O–H groups in total. The fourth-order valence-electron chi connectivity index (χ4n) is 2.64. The Kier molecular flexibility index (Phi) is 5.01. The van der Waals surface area contributed by atoms with Gasteiger partial charge in [0.2, 0.25) is 0 Å². The number of nitrogens with one attached hydrogen (secondary N) is 2. The molecule has 0 bridgehead atoms. The van der Waals surface area contributed by atoms with E-state index in [2.05, 4.69) is 10.6 Å². The molecule has 1 saturated heterocycles. The minimum atomic E-state index is -0.605. The van der Waals surface area contributed by atoms with Crippen LogP contribution in [0.2, 0.25) is 0 Å². The van der Waals surface area contributed by atoms with Gasteiger partial charge in [-0.15, -0.1) is 0 Å². The molecule has 1 amide bonds. The highest BCUT2D eigenvalue weighted by Gasteiger charge is 2.31. The molecule has 0 aliphatic carbocycles. The lowest BCUT2D eigenvalue weighted by Crippen LogP contribution is -2.51. The maximum atomic E-state index is 14.0. The SMILES string of the molecule is CC(C)(C)OC(=O)N[C@H]1CNCC[C@@H]1c1cc(F)ccc1F. The van der Waals surface area contributed by atoms with E-state index in [1.54, 1.807) is 20.8 Å². The molecule has 1 heterocycles. The van der Waals surface area contributed by atoms with Crippen LogP contribution in [0.3, 0.4) is 0 Å². The normalized spacial score (nSPS) is 22.2. The highest BCUT2D eigenvalue weighted by atomic mass is 19.1. The maximum absolute atomic E-state index is 14.0. The van der Waals surface area contributed by atoms with Crippen molar-refractivity contribution >= 4 is 6.09 Å². The number of piperidine rings is 1. The van der Waals surface area contributed by atoms with E-state index in [1.807, 2.05) is 0 Å². The summed E-state index contributed by atoms with van der Waals surface area (Å²) in [5.41, 5.74) is -0.311. The summed E-state index contributed by atoms with van der Waals surface area (Å²) < 4.78 is 32.7. The van der Waals surface area contributed by atoms with E-state index in [4.69, 9.17) is 4.74 Å². The molecule has 1 aromatic carbocycles. The van der Waals surface area contributed by atoms with Crippen LogP contribution < -0.4 is 10.6 Å². The predicted molar refractivity (Wildman–Crippen MR) is 79.7 cm³/mol. The molecule has 4 nitrogen and oxygen atoms in total. The van der Waals surface area contributed by atoms with Crippen molar-refractivity contribution < 1.29 is 18.3 Å². The van der Waals surface area contributed by atoms with Gasteiger partial charge in [0, 0.05) is 12.5 Å². The molecule has 0 radical (unpaired) electrons. The van der Waals surface area contributed by atoms with Gasteiger partial charge in [-0.25, -0.2) is 13.6 Å². The van der Waals surface area contributed by atoms with Crippen LogP contribution in [0.1, 0.15) is 38.7 Å². The molecule has 1 aromatic rings. The first-order valence-electron chi connectivity index (χ1n) is 7.41. The maximum Gasteiger partial charge on any atom is 0.407 e. The van der Waals surface area contributed by atoms with Crippen LogP contribution in [0.25, 0.3) is 0 Å². The zero-order valence-corrected chi connectivity index (χ0v) is 13.1. The molecule has 0 spiro atoms. The van der Waals surface area contributed by atoms with E-state index in [-0.39, 0.29) is 12.0 Å². The van der Waals surface area contributed by atoms with Gasteiger partial charge in [-0.1, -0.05) is 0 Å². The molecule has 22 heavy (non-hydrogen) atoms. The molecule has 2 rings (SSSR count). The van der Waals surface area contributed by atoms with Gasteiger partial charge in [-0.05, 0) is 57.5 Å². The quantitative estimate of drug-likeness (QED) is 0.883. The average Bonchev–Trinajstić information content (AvgIpc) is 2.40. The first-order chi connectivity index (χ1) is 10.3. The van der Waals surface area contributed by atoms with Crippen LogP contribution in [0.4, 0.5) is 13.6 Å². The van der Waals surface area contributed by atoms with Crippen molar-refractivity contribution in [1.29, 1.82) is 0 Å². The summed E-state index contributed by atoms with van der Waals surface area (Å²) in [5.74, 6) is -1.22. The number of carbonyl (C=O) groups excluding carboxylic acids is 1. The molecular formula is C16H22F2N2O2. The van der Waals surface area contributed by atoms with Crippen LogP contribution in [-0.4, -0.2) is 30.8 Å². The number of carbonyl (C=O) groups is 1. The average molecular weight is 312 g/mol. The first kappa shape index (κ1) is 16.7. The van der Waals surface area contributed by atoms with Crippen LogP contribution in [0.15, 0.2) is 18.2 Å². The molecule has 6 heteroatoms. The molecule has 1 fully saturated rings. The molecule has 1 aliphatic heterocycles. The van der Waals surface area contributed by atoms with Crippen molar-refractivity contribution in [2.24, 2.45) is 0 Å². The Morgan fingerprint density at radius 1 is 1.36 bits per heavy atom. The van der Waals surface area contributed by atoms with E-state index < -0.39 is 23.3 Å². The number of hydrogen-bond donors (Lipinski definition) is 2. The number of benzene rings is 1. The van der Waals surface area contributed by atoms with Crippen LogP contribution >= 0.6 is 0 Å². The summed E-state index contributed by atoms with van der Waals surface area (Å²) in [5, 5.41) is 5.91. The van der Waals surface area contributed by atoms with Gasteiger partial charge in [0.1, 0.15) is 17.2 Å². The molecule has 122 valence electrons. The Hall–Kier alpha value is -1.69. The van der Waals surface area contributed by atoms with Crippen molar-refractivity contribution in [3.63, 3.8) is 0 Å². The van der Waals surface area contributed by atoms with Gasteiger partial charge in [-0.2, -0.15) is 0 Å². The number of rotatable bonds is 2. The summed E-state index contributed by atoms with van der Waals surface area (Å²) in [6.07, 6.45) is 0.0592. The van der Waals surface area contributed by atoms with Crippen LogP contribution in [0.5, 0.6) is 0 Å². The summed E-state index contributed by atoms with van der Waals surface area (Å²) in [4.78, 5) is 11.9. The molecule has 0 saturated carbocycles. The third-order valence-corrected chi connectivity index (χ3v) is 3.54. The lowest BCUT2D eigenvalue weighted by atomic mass is 9.85. The summed E-state index contributed by atoms with van der Waals surface area (Å²) >= 11 is 0. The van der Waals surface area contributed by atoms with E-state index >= 15 is 0 Å². The van der Waals surface area contributed by atoms with Crippen LogP contribution in [-0.2, 0) is 4.74 Å². The third-order valence-electron chi connectivity index (χ3n) is 3.54. The number of amides is 1. The zero-order chi connectivity index (χ0) is 16.3. The topological polar surface area (TPSA) is 50.4 Å².